The number of hydrogen-bond acceptors (Lipinski definition) is 5. The molecular formula is C22H23ClN2O2S2. The molecule has 0 spiro atoms. The van der Waals surface area contributed by atoms with Crippen LogP contribution in [0.15, 0.2) is 53.4 Å². The second-order valence-electron chi connectivity index (χ2n) is 7.03. The first-order valence-electron chi connectivity index (χ1n) is 9.86. The third kappa shape index (κ3) is 5.44. The Morgan fingerprint density at radius 1 is 1.17 bits per heavy atom. The molecule has 1 aliphatic heterocycles. The van der Waals surface area contributed by atoms with Crippen LogP contribution in [0.2, 0.25) is 5.02 Å². The molecule has 1 amide bonds. The highest BCUT2D eigenvalue weighted by Crippen LogP contribution is 2.33. The van der Waals surface area contributed by atoms with Crippen LogP contribution in [-0.2, 0) is 4.79 Å². The largest absolute Gasteiger partial charge is 0.467 e. The van der Waals surface area contributed by atoms with Crippen LogP contribution in [0, 0.1) is 0 Å². The molecular weight excluding hydrogens is 424 g/mol. The molecule has 1 fully saturated rings. The fourth-order valence-electron chi connectivity index (χ4n) is 3.40. The standard InChI is InChI=1S/C22H23ClN2O2S2/c23-18-8-4-9-19-21(18)24-22(29-19)27-16-11-13-25(14-12-16)20(26)10-5-15-28-17-6-2-1-3-7-17/h1-4,6-9,16H,5,10-15H2. The van der Waals surface area contributed by atoms with E-state index in [0.717, 1.165) is 48.3 Å². The van der Waals surface area contributed by atoms with E-state index in [9.17, 15) is 4.79 Å². The molecule has 2 heterocycles. The van der Waals surface area contributed by atoms with E-state index >= 15 is 0 Å². The van der Waals surface area contributed by atoms with Gasteiger partial charge in [-0.3, -0.25) is 4.79 Å². The van der Waals surface area contributed by atoms with Crippen molar-refractivity contribution in [3.8, 4) is 5.19 Å². The predicted octanol–water partition coefficient (Wildman–Crippen LogP) is 5.89. The minimum Gasteiger partial charge on any atom is -0.467 e. The maximum absolute atomic E-state index is 12.5. The summed E-state index contributed by atoms with van der Waals surface area (Å²) in [6.45, 7) is 1.50. The Morgan fingerprint density at radius 3 is 2.72 bits per heavy atom. The number of fused-ring (bicyclic) bond motifs is 1. The summed E-state index contributed by atoms with van der Waals surface area (Å²) in [6, 6.07) is 16.1. The first-order valence-corrected chi connectivity index (χ1v) is 12.0. The van der Waals surface area contributed by atoms with Crippen LogP contribution in [0.5, 0.6) is 5.19 Å². The minimum atomic E-state index is 0.104. The second kappa shape index (κ2) is 9.83. The van der Waals surface area contributed by atoms with E-state index in [1.165, 1.54) is 16.2 Å². The molecule has 1 aromatic heterocycles. The number of nitrogens with zero attached hydrogens (tertiary/aromatic N) is 2. The number of aromatic nitrogens is 1. The molecule has 2 aromatic carbocycles. The van der Waals surface area contributed by atoms with E-state index in [1.807, 2.05) is 53.1 Å². The van der Waals surface area contributed by atoms with Gasteiger partial charge in [0.05, 0.1) is 9.72 Å². The van der Waals surface area contributed by atoms with Crippen LogP contribution in [0.25, 0.3) is 10.2 Å². The summed E-state index contributed by atoms with van der Waals surface area (Å²) in [7, 11) is 0. The molecule has 4 nitrogen and oxygen atoms in total. The van der Waals surface area contributed by atoms with Crippen LogP contribution in [0.1, 0.15) is 25.7 Å². The molecule has 4 rings (SSSR count). The molecule has 0 atom stereocenters. The van der Waals surface area contributed by atoms with Gasteiger partial charge in [-0.1, -0.05) is 47.2 Å². The number of thioether (sulfide) groups is 1. The first kappa shape index (κ1) is 20.5. The third-order valence-corrected chi connectivity index (χ3v) is 7.27. The van der Waals surface area contributed by atoms with Crippen LogP contribution in [0.4, 0.5) is 0 Å². The van der Waals surface area contributed by atoms with Crippen molar-refractivity contribution < 1.29 is 9.53 Å². The van der Waals surface area contributed by atoms with Crippen molar-refractivity contribution >= 4 is 50.8 Å². The number of ether oxygens (including phenoxy) is 1. The Hall–Kier alpha value is -1.76. The number of carbonyl (C=O) groups excluding carboxylic acids is 1. The quantitative estimate of drug-likeness (QED) is 0.335. The van der Waals surface area contributed by atoms with Gasteiger partial charge in [-0.2, -0.15) is 0 Å². The van der Waals surface area contributed by atoms with Gasteiger partial charge in [0.15, 0.2) is 0 Å². The molecule has 1 aliphatic rings. The van der Waals surface area contributed by atoms with Gasteiger partial charge in [0.2, 0.25) is 5.91 Å². The fourth-order valence-corrected chi connectivity index (χ4v) is 5.45. The maximum atomic E-state index is 12.5. The SMILES string of the molecule is O=C(CCCSc1ccccc1)N1CCC(Oc2nc3c(Cl)cccc3s2)CC1. The molecule has 0 N–H and O–H groups in total. The van der Waals surface area contributed by atoms with Gasteiger partial charge in [-0.15, -0.1) is 11.8 Å². The lowest BCUT2D eigenvalue weighted by molar-refractivity contribution is -0.133. The number of carbonyl (C=O) groups is 1. The van der Waals surface area contributed by atoms with Crippen molar-refractivity contribution in [2.45, 2.75) is 36.7 Å². The van der Waals surface area contributed by atoms with Gasteiger partial charge in [0.1, 0.15) is 11.6 Å². The van der Waals surface area contributed by atoms with Gasteiger partial charge < -0.3 is 9.64 Å². The van der Waals surface area contributed by atoms with E-state index in [0.29, 0.717) is 16.6 Å². The Kier molecular flexibility index (Phi) is 6.95. The summed E-state index contributed by atoms with van der Waals surface area (Å²) in [5.74, 6) is 1.22. The van der Waals surface area contributed by atoms with E-state index in [1.54, 1.807) is 0 Å². The highest BCUT2D eigenvalue weighted by atomic mass is 35.5. The summed E-state index contributed by atoms with van der Waals surface area (Å²) in [5, 5.41) is 1.32. The molecule has 1 saturated heterocycles. The third-order valence-electron chi connectivity index (χ3n) is 4.96. The maximum Gasteiger partial charge on any atom is 0.274 e. The molecule has 0 saturated carbocycles. The van der Waals surface area contributed by atoms with E-state index in [2.05, 4.69) is 17.1 Å². The molecule has 3 aromatic rings. The van der Waals surface area contributed by atoms with E-state index < -0.39 is 0 Å². The normalized spacial score (nSPS) is 15.0. The summed E-state index contributed by atoms with van der Waals surface area (Å²) >= 11 is 9.53. The lowest BCUT2D eigenvalue weighted by atomic mass is 10.1. The van der Waals surface area contributed by atoms with Crippen LogP contribution < -0.4 is 4.74 Å². The van der Waals surface area contributed by atoms with Gasteiger partial charge in [-0.25, -0.2) is 4.98 Å². The fraction of sp³-hybridized carbons (Fsp3) is 0.364. The molecule has 0 aliphatic carbocycles. The molecule has 0 unspecified atom stereocenters. The predicted molar refractivity (Wildman–Crippen MR) is 121 cm³/mol. The molecule has 152 valence electrons. The van der Waals surface area contributed by atoms with Crippen molar-refractivity contribution in [3.63, 3.8) is 0 Å². The summed E-state index contributed by atoms with van der Waals surface area (Å²) in [4.78, 5) is 20.2. The number of thiazole rings is 1. The number of likely N-dealkylation sites (tertiary alicyclic amines) is 1. The summed E-state index contributed by atoms with van der Waals surface area (Å²) in [5.41, 5.74) is 0.801. The van der Waals surface area contributed by atoms with Crippen LogP contribution in [-0.4, -0.2) is 40.7 Å². The number of hydrogen-bond donors (Lipinski definition) is 0. The Morgan fingerprint density at radius 2 is 1.97 bits per heavy atom. The van der Waals surface area contributed by atoms with E-state index in [-0.39, 0.29) is 12.0 Å². The van der Waals surface area contributed by atoms with Crippen LogP contribution in [0.3, 0.4) is 0 Å². The second-order valence-corrected chi connectivity index (χ2v) is 9.60. The highest BCUT2D eigenvalue weighted by Gasteiger charge is 2.24. The van der Waals surface area contributed by atoms with E-state index in [4.69, 9.17) is 16.3 Å². The Bertz CT molecular complexity index is 956. The zero-order valence-electron chi connectivity index (χ0n) is 16.1. The average molecular weight is 447 g/mol. The monoisotopic (exact) mass is 446 g/mol. The minimum absolute atomic E-state index is 0.104. The number of piperidine rings is 1. The van der Waals surface area contributed by atoms with Crippen molar-refractivity contribution in [2.75, 3.05) is 18.8 Å². The smallest absolute Gasteiger partial charge is 0.274 e. The highest BCUT2D eigenvalue weighted by molar-refractivity contribution is 7.99. The molecule has 0 radical (unpaired) electrons. The molecule has 29 heavy (non-hydrogen) atoms. The number of benzene rings is 2. The topological polar surface area (TPSA) is 42.4 Å². The van der Waals surface area contributed by atoms with Crippen molar-refractivity contribution in [2.24, 2.45) is 0 Å². The Labute approximate surface area is 184 Å². The number of amides is 1. The summed E-state index contributed by atoms with van der Waals surface area (Å²) in [6.07, 6.45) is 3.30. The average Bonchev–Trinajstić information content (AvgIpc) is 3.16. The summed E-state index contributed by atoms with van der Waals surface area (Å²) < 4.78 is 7.11. The molecule has 7 heteroatoms. The zero-order valence-corrected chi connectivity index (χ0v) is 18.4. The van der Waals surface area contributed by atoms with Gasteiger partial charge in [0.25, 0.3) is 5.19 Å². The van der Waals surface area contributed by atoms with Crippen molar-refractivity contribution in [1.29, 1.82) is 0 Å². The molecule has 0 bridgehead atoms. The van der Waals surface area contributed by atoms with Crippen molar-refractivity contribution in [1.82, 2.24) is 9.88 Å². The number of para-hydroxylation sites is 1. The number of halogens is 1. The van der Waals surface area contributed by atoms with Gasteiger partial charge in [-0.05, 0) is 36.4 Å². The van der Waals surface area contributed by atoms with Crippen LogP contribution >= 0.6 is 34.7 Å². The first-order chi connectivity index (χ1) is 14.2. The Balaban J connectivity index is 1.19. The lowest BCUT2D eigenvalue weighted by Crippen LogP contribution is -2.41. The van der Waals surface area contributed by atoms with Crippen molar-refractivity contribution in [3.05, 3.63) is 53.6 Å². The van der Waals surface area contributed by atoms with Gasteiger partial charge in [0, 0.05) is 37.2 Å². The zero-order chi connectivity index (χ0) is 20.1. The number of rotatable bonds is 7. The van der Waals surface area contributed by atoms with Gasteiger partial charge >= 0.3 is 0 Å². The lowest BCUT2D eigenvalue weighted by Gasteiger charge is -2.31.